The molecule has 6 nitrogen and oxygen atoms in total. The third kappa shape index (κ3) is 3.20. The molecule has 106 valence electrons. The summed E-state index contributed by atoms with van der Waals surface area (Å²) in [6.45, 7) is 5.22. The van der Waals surface area contributed by atoms with Crippen LogP contribution in [-0.4, -0.2) is 20.7 Å². The Balaban J connectivity index is 2.48. The fourth-order valence-electron chi connectivity index (χ4n) is 2.11. The minimum Gasteiger partial charge on any atom is -0.326 e. The average molecular weight is 282 g/mol. The Hall–Kier alpha value is -2.81. The van der Waals surface area contributed by atoms with E-state index in [1.807, 2.05) is 6.07 Å². The molecule has 0 aliphatic rings. The third-order valence-corrected chi connectivity index (χ3v) is 2.91. The number of Topliss-reactive ketones (excluding diaryl/α,β-unsaturated/α-hetero) is 1. The van der Waals surface area contributed by atoms with Gasteiger partial charge < -0.3 is 4.98 Å². The molecule has 6 heteroatoms. The number of aryl methyl sites for hydroxylation is 3. The Morgan fingerprint density at radius 2 is 1.81 bits per heavy atom. The zero-order valence-electron chi connectivity index (χ0n) is 12.0. The smallest absolute Gasteiger partial charge is 0.248 e. The maximum Gasteiger partial charge on any atom is 0.248 e. The lowest BCUT2D eigenvalue weighted by Crippen LogP contribution is -2.18. The lowest BCUT2D eigenvalue weighted by molar-refractivity contribution is 0.0976. The molecule has 2 aromatic rings. The van der Waals surface area contributed by atoms with E-state index in [9.17, 15) is 14.9 Å². The van der Waals surface area contributed by atoms with Crippen molar-refractivity contribution in [2.24, 2.45) is 0 Å². The van der Waals surface area contributed by atoms with Crippen LogP contribution in [0.4, 0.5) is 0 Å². The first kappa shape index (κ1) is 14.6. The SMILES string of the molecule is Cc1cc(C)nc(C(C#N)C(=O)c2cc(C)[nH]c(=O)c2)n1. The number of rotatable bonds is 3. The van der Waals surface area contributed by atoms with Gasteiger partial charge in [0.25, 0.3) is 0 Å². The second-order valence-electron chi connectivity index (χ2n) is 4.85. The van der Waals surface area contributed by atoms with Crippen molar-refractivity contribution < 1.29 is 4.79 Å². The van der Waals surface area contributed by atoms with Crippen LogP contribution in [0.15, 0.2) is 23.0 Å². The van der Waals surface area contributed by atoms with Crippen molar-refractivity contribution in [3.8, 4) is 6.07 Å². The van der Waals surface area contributed by atoms with Gasteiger partial charge in [-0.1, -0.05) is 0 Å². The van der Waals surface area contributed by atoms with Crippen LogP contribution in [-0.2, 0) is 0 Å². The van der Waals surface area contributed by atoms with E-state index in [0.717, 1.165) is 0 Å². The van der Waals surface area contributed by atoms with Gasteiger partial charge in [0.15, 0.2) is 17.5 Å². The minimum absolute atomic E-state index is 0.165. The molecule has 21 heavy (non-hydrogen) atoms. The van der Waals surface area contributed by atoms with Gasteiger partial charge in [-0.05, 0) is 32.9 Å². The van der Waals surface area contributed by atoms with Gasteiger partial charge in [-0.25, -0.2) is 9.97 Å². The zero-order chi connectivity index (χ0) is 15.6. The summed E-state index contributed by atoms with van der Waals surface area (Å²) in [6, 6.07) is 6.41. The van der Waals surface area contributed by atoms with E-state index in [0.29, 0.717) is 17.1 Å². The fourth-order valence-corrected chi connectivity index (χ4v) is 2.11. The first-order chi connectivity index (χ1) is 9.90. The molecule has 2 heterocycles. The van der Waals surface area contributed by atoms with E-state index < -0.39 is 11.7 Å². The predicted molar refractivity (Wildman–Crippen MR) is 76.0 cm³/mol. The highest BCUT2D eigenvalue weighted by Crippen LogP contribution is 2.17. The van der Waals surface area contributed by atoms with Gasteiger partial charge in [-0.15, -0.1) is 0 Å². The summed E-state index contributed by atoms with van der Waals surface area (Å²) in [6.07, 6.45) is 0. The molecular formula is C15H14N4O2. The van der Waals surface area contributed by atoms with Crippen molar-refractivity contribution in [2.45, 2.75) is 26.7 Å². The van der Waals surface area contributed by atoms with Crippen molar-refractivity contribution in [3.63, 3.8) is 0 Å². The van der Waals surface area contributed by atoms with Gasteiger partial charge in [-0.2, -0.15) is 5.26 Å². The summed E-state index contributed by atoms with van der Waals surface area (Å²) in [5, 5.41) is 9.29. The highest BCUT2D eigenvalue weighted by atomic mass is 16.1. The van der Waals surface area contributed by atoms with E-state index in [1.54, 1.807) is 26.8 Å². The average Bonchev–Trinajstić information content (AvgIpc) is 2.37. The Kier molecular flexibility index (Phi) is 3.94. The molecule has 0 fully saturated rings. The second kappa shape index (κ2) is 5.67. The van der Waals surface area contributed by atoms with Crippen LogP contribution in [0.5, 0.6) is 0 Å². The third-order valence-electron chi connectivity index (χ3n) is 2.91. The predicted octanol–water partition coefficient (Wildman–Crippen LogP) is 1.58. The molecule has 2 aromatic heterocycles. The number of aromatic nitrogens is 3. The van der Waals surface area contributed by atoms with Crippen LogP contribution in [0.1, 0.15) is 39.2 Å². The lowest BCUT2D eigenvalue weighted by atomic mass is 9.98. The van der Waals surface area contributed by atoms with Crippen LogP contribution in [0.25, 0.3) is 0 Å². The maximum atomic E-state index is 12.4. The molecule has 1 unspecified atom stereocenters. The second-order valence-corrected chi connectivity index (χ2v) is 4.85. The lowest BCUT2D eigenvalue weighted by Gasteiger charge is -2.09. The Morgan fingerprint density at radius 1 is 1.19 bits per heavy atom. The Labute approximate surface area is 121 Å². The van der Waals surface area contributed by atoms with E-state index in [4.69, 9.17) is 0 Å². The number of ketones is 1. The van der Waals surface area contributed by atoms with E-state index in [-0.39, 0.29) is 16.9 Å². The van der Waals surface area contributed by atoms with Crippen LogP contribution >= 0.6 is 0 Å². The van der Waals surface area contributed by atoms with Crippen LogP contribution in [0.2, 0.25) is 0 Å². The molecule has 1 atom stereocenters. The molecule has 1 N–H and O–H groups in total. The summed E-state index contributed by atoms with van der Waals surface area (Å²) < 4.78 is 0. The number of hydrogen-bond donors (Lipinski definition) is 1. The Morgan fingerprint density at radius 3 is 2.33 bits per heavy atom. The highest BCUT2D eigenvalue weighted by Gasteiger charge is 2.25. The van der Waals surface area contributed by atoms with Gasteiger partial charge in [-0.3, -0.25) is 9.59 Å². The molecule has 0 saturated carbocycles. The number of pyridine rings is 1. The fraction of sp³-hybridized carbons (Fsp3) is 0.267. The zero-order valence-corrected chi connectivity index (χ0v) is 12.0. The topological polar surface area (TPSA) is 99.5 Å². The molecule has 0 bridgehead atoms. The standard InChI is InChI=1S/C15H14N4O2/c1-8-4-9(2)19-15(18-8)12(7-16)14(21)11-5-10(3)17-13(20)6-11/h4-6,12H,1-3H3,(H,17,20). The van der Waals surface area contributed by atoms with E-state index in [2.05, 4.69) is 15.0 Å². The van der Waals surface area contributed by atoms with Gasteiger partial charge in [0.05, 0.1) is 6.07 Å². The van der Waals surface area contributed by atoms with Crippen LogP contribution in [0.3, 0.4) is 0 Å². The molecule has 2 rings (SSSR count). The van der Waals surface area contributed by atoms with Crippen molar-refractivity contribution in [1.29, 1.82) is 5.26 Å². The normalized spacial score (nSPS) is 11.7. The number of carbonyl (C=O) groups is 1. The molecular weight excluding hydrogens is 268 g/mol. The molecule has 0 amide bonds. The van der Waals surface area contributed by atoms with Crippen molar-refractivity contribution in [3.05, 3.63) is 57.0 Å². The summed E-state index contributed by atoms with van der Waals surface area (Å²) in [5.41, 5.74) is 1.74. The van der Waals surface area contributed by atoms with E-state index in [1.165, 1.54) is 12.1 Å². The highest BCUT2D eigenvalue weighted by molar-refractivity contribution is 6.02. The summed E-state index contributed by atoms with van der Waals surface area (Å²) in [7, 11) is 0. The summed E-state index contributed by atoms with van der Waals surface area (Å²) in [4.78, 5) is 34.8. The van der Waals surface area contributed by atoms with E-state index >= 15 is 0 Å². The van der Waals surface area contributed by atoms with Crippen LogP contribution in [0, 0.1) is 32.1 Å². The number of aromatic amines is 1. The molecule has 0 radical (unpaired) electrons. The largest absolute Gasteiger partial charge is 0.326 e. The van der Waals surface area contributed by atoms with Gasteiger partial charge in [0, 0.05) is 28.7 Å². The van der Waals surface area contributed by atoms with Crippen LogP contribution < -0.4 is 5.56 Å². The quantitative estimate of drug-likeness (QED) is 0.861. The number of nitrogens with one attached hydrogen (secondary N) is 1. The van der Waals surface area contributed by atoms with Gasteiger partial charge >= 0.3 is 0 Å². The minimum atomic E-state index is -1.12. The maximum absolute atomic E-state index is 12.4. The molecule has 0 aliphatic heterocycles. The molecule has 0 saturated heterocycles. The number of carbonyl (C=O) groups excluding carboxylic acids is 1. The summed E-state index contributed by atoms with van der Waals surface area (Å²) in [5.74, 6) is -1.43. The van der Waals surface area contributed by atoms with Gasteiger partial charge in [0.1, 0.15) is 0 Å². The molecule has 0 spiro atoms. The number of nitrogens with zero attached hydrogens (tertiary/aromatic N) is 3. The Bertz CT molecular complexity index is 782. The monoisotopic (exact) mass is 282 g/mol. The number of H-pyrrole nitrogens is 1. The molecule has 0 aromatic carbocycles. The first-order valence-corrected chi connectivity index (χ1v) is 6.37. The van der Waals surface area contributed by atoms with Gasteiger partial charge in [0.2, 0.25) is 5.56 Å². The summed E-state index contributed by atoms with van der Waals surface area (Å²) >= 11 is 0. The molecule has 0 aliphatic carbocycles. The van der Waals surface area contributed by atoms with Crippen molar-refractivity contribution >= 4 is 5.78 Å². The number of hydrogen-bond acceptors (Lipinski definition) is 5. The number of nitriles is 1. The van der Waals surface area contributed by atoms with Crippen molar-refractivity contribution in [2.75, 3.05) is 0 Å². The first-order valence-electron chi connectivity index (χ1n) is 6.37. The van der Waals surface area contributed by atoms with Crippen molar-refractivity contribution in [1.82, 2.24) is 15.0 Å².